The fraction of sp³-hybridized carbons (Fsp3) is 0.300. The summed E-state index contributed by atoms with van der Waals surface area (Å²) in [5.41, 5.74) is 0.194. The van der Waals surface area contributed by atoms with Gasteiger partial charge in [-0.15, -0.1) is 11.3 Å². The fourth-order valence-corrected chi connectivity index (χ4v) is 3.45. The van der Waals surface area contributed by atoms with Crippen LogP contribution in [-0.2, 0) is 11.0 Å². The molecule has 8 heteroatoms. The topological polar surface area (TPSA) is 58.2 Å². The Bertz CT molecular complexity index is 966. The summed E-state index contributed by atoms with van der Waals surface area (Å²) in [6.45, 7) is 1.77. The predicted octanol–water partition coefficient (Wildman–Crippen LogP) is 4.21. The normalized spacial score (nSPS) is 13.4. The molecular weight excluding hydrogens is 389 g/mol. The molecule has 1 heterocycles. The third-order valence-corrected chi connectivity index (χ3v) is 5.23. The predicted molar refractivity (Wildman–Crippen MR) is 101 cm³/mol. The van der Waals surface area contributed by atoms with Gasteiger partial charge in [-0.2, -0.15) is 13.2 Å². The van der Waals surface area contributed by atoms with Crippen molar-refractivity contribution in [3.05, 3.63) is 51.9 Å². The molecule has 0 atom stereocenters. The first-order chi connectivity index (χ1) is 13.2. The lowest BCUT2D eigenvalue weighted by atomic mass is 10.1. The molecule has 3 rings (SSSR count). The van der Waals surface area contributed by atoms with Crippen LogP contribution in [0.1, 0.15) is 39.2 Å². The Morgan fingerprint density at radius 1 is 1.25 bits per heavy atom. The van der Waals surface area contributed by atoms with Crippen LogP contribution < -0.4 is 10.6 Å². The molecule has 1 fully saturated rings. The summed E-state index contributed by atoms with van der Waals surface area (Å²) >= 11 is 1.18. The Balaban J connectivity index is 1.57. The van der Waals surface area contributed by atoms with E-state index < -0.39 is 11.7 Å². The molecule has 1 aromatic heterocycles. The Kier molecular flexibility index (Phi) is 5.75. The van der Waals surface area contributed by atoms with E-state index in [1.165, 1.54) is 23.5 Å². The fourth-order valence-electron chi connectivity index (χ4n) is 2.46. The molecule has 0 spiro atoms. The van der Waals surface area contributed by atoms with Crippen molar-refractivity contribution in [3.8, 4) is 11.8 Å². The van der Waals surface area contributed by atoms with E-state index in [0.717, 1.165) is 30.5 Å². The van der Waals surface area contributed by atoms with Crippen LogP contribution in [-0.4, -0.2) is 18.4 Å². The highest BCUT2D eigenvalue weighted by atomic mass is 32.1. The van der Waals surface area contributed by atoms with Gasteiger partial charge < -0.3 is 10.6 Å². The molecule has 0 bridgehead atoms. The monoisotopic (exact) mass is 406 g/mol. The average molecular weight is 406 g/mol. The minimum absolute atomic E-state index is 0.00378. The second kappa shape index (κ2) is 8.07. The van der Waals surface area contributed by atoms with Crippen molar-refractivity contribution in [1.29, 1.82) is 0 Å². The number of halogens is 3. The lowest BCUT2D eigenvalue weighted by Gasteiger charge is -2.05. The number of hydrogen-bond donors (Lipinski definition) is 2. The van der Waals surface area contributed by atoms with E-state index in [9.17, 15) is 22.8 Å². The van der Waals surface area contributed by atoms with Gasteiger partial charge in [0.15, 0.2) is 0 Å². The molecule has 0 aliphatic heterocycles. The van der Waals surface area contributed by atoms with Crippen LogP contribution >= 0.6 is 11.3 Å². The van der Waals surface area contributed by atoms with Gasteiger partial charge in [0.25, 0.3) is 5.91 Å². The van der Waals surface area contributed by atoms with Crippen LogP contribution in [0.5, 0.6) is 0 Å². The molecule has 1 saturated carbocycles. The van der Waals surface area contributed by atoms with Gasteiger partial charge in [0.05, 0.1) is 22.0 Å². The third kappa shape index (κ3) is 5.14. The molecule has 2 amide bonds. The lowest BCUT2D eigenvalue weighted by Crippen LogP contribution is -2.23. The van der Waals surface area contributed by atoms with Crippen LogP contribution in [0.15, 0.2) is 30.3 Å². The number of alkyl halides is 3. The molecule has 2 N–H and O–H groups in total. The van der Waals surface area contributed by atoms with Crippen LogP contribution in [0.25, 0.3) is 0 Å². The average Bonchev–Trinajstić information content (AvgIpc) is 3.42. The second-order valence-electron chi connectivity index (χ2n) is 6.45. The van der Waals surface area contributed by atoms with Crippen LogP contribution in [0.3, 0.4) is 0 Å². The van der Waals surface area contributed by atoms with Gasteiger partial charge in [-0.05, 0) is 49.6 Å². The van der Waals surface area contributed by atoms with Gasteiger partial charge in [-0.1, -0.05) is 17.9 Å². The van der Waals surface area contributed by atoms with E-state index in [2.05, 4.69) is 22.5 Å². The molecule has 4 nitrogen and oxygen atoms in total. The van der Waals surface area contributed by atoms with Gasteiger partial charge in [-0.25, -0.2) is 0 Å². The van der Waals surface area contributed by atoms with E-state index in [4.69, 9.17) is 0 Å². The number of aryl methyl sites for hydroxylation is 1. The summed E-state index contributed by atoms with van der Waals surface area (Å²) in [5, 5.41) is 6.05. The Hall–Kier alpha value is -2.79. The SMILES string of the molecule is Cc1cc(NC(=O)C2CC2)sc1C(=O)NCC#Cc1cccc(C(F)(F)F)c1. The van der Waals surface area contributed by atoms with Gasteiger partial charge in [-0.3, -0.25) is 9.59 Å². The van der Waals surface area contributed by atoms with Crippen LogP contribution in [0.4, 0.5) is 18.2 Å². The number of carbonyl (C=O) groups is 2. The summed E-state index contributed by atoms with van der Waals surface area (Å²) in [6.07, 6.45) is -2.63. The highest BCUT2D eigenvalue weighted by Gasteiger charge is 2.30. The Labute approximate surface area is 164 Å². The summed E-state index contributed by atoms with van der Waals surface area (Å²) < 4.78 is 38.1. The van der Waals surface area contributed by atoms with Crippen molar-refractivity contribution < 1.29 is 22.8 Å². The zero-order chi connectivity index (χ0) is 20.3. The number of rotatable bonds is 4. The zero-order valence-electron chi connectivity index (χ0n) is 14.9. The maximum absolute atomic E-state index is 12.7. The van der Waals surface area contributed by atoms with Crippen molar-refractivity contribution in [2.45, 2.75) is 25.9 Å². The molecule has 0 unspecified atom stereocenters. The van der Waals surface area contributed by atoms with E-state index in [1.54, 1.807) is 13.0 Å². The highest BCUT2D eigenvalue weighted by Crippen LogP contribution is 2.33. The summed E-state index contributed by atoms with van der Waals surface area (Å²) in [5.74, 6) is 4.97. The van der Waals surface area contributed by atoms with Crippen molar-refractivity contribution in [2.24, 2.45) is 5.92 Å². The summed E-state index contributed by atoms with van der Waals surface area (Å²) in [6, 6.07) is 6.45. The molecular formula is C20H17F3N2O2S. The molecule has 1 aliphatic carbocycles. The van der Waals surface area contributed by atoms with Crippen LogP contribution in [0, 0.1) is 24.7 Å². The van der Waals surface area contributed by atoms with E-state index in [0.29, 0.717) is 9.88 Å². The first-order valence-electron chi connectivity index (χ1n) is 8.59. The lowest BCUT2D eigenvalue weighted by molar-refractivity contribution is -0.137. The van der Waals surface area contributed by atoms with Crippen molar-refractivity contribution in [2.75, 3.05) is 11.9 Å². The molecule has 2 aromatic rings. The van der Waals surface area contributed by atoms with Crippen LogP contribution in [0.2, 0.25) is 0 Å². The van der Waals surface area contributed by atoms with Gasteiger partial charge in [0.1, 0.15) is 0 Å². The summed E-state index contributed by atoms with van der Waals surface area (Å²) in [7, 11) is 0. The number of benzene rings is 1. The Morgan fingerprint density at radius 3 is 2.68 bits per heavy atom. The van der Waals surface area contributed by atoms with Gasteiger partial charge in [0.2, 0.25) is 5.91 Å². The van der Waals surface area contributed by atoms with Crippen molar-refractivity contribution >= 4 is 28.2 Å². The highest BCUT2D eigenvalue weighted by molar-refractivity contribution is 7.18. The van der Waals surface area contributed by atoms with E-state index >= 15 is 0 Å². The first kappa shape index (κ1) is 20.0. The molecule has 0 saturated heterocycles. The standard InChI is InChI=1S/C20H17F3N2O2S/c1-12-10-16(25-18(26)14-7-8-14)28-17(12)19(27)24-9-3-5-13-4-2-6-15(11-13)20(21,22)23/h2,4,6,10-11,14H,7-9H2,1H3,(H,24,27)(H,25,26). The number of nitrogens with one attached hydrogen (secondary N) is 2. The first-order valence-corrected chi connectivity index (χ1v) is 9.41. The molecule has 146 valence electrons. The maximum atomic E-state index is 12.7. The van der Waals surface area contributed by atoms with Crippen molar-refractivity contribution in [1.82, 2.24) is 5.32 Å². The number of thiophene rings is 1. The third-order valence-electron chi connectivity index (χ3n) is 4.08. The quantitative estimate of drug-likeness (QED) is 0.748. The number of anilines is 1. The number of carbonyl (C=O) groups excluding carboxylic acids is 2. The van der Waals surface area contributed by atoms with Crippen molar-refractivity contribution in [3.63, 3.8) is 0 Å². The minimum atomic E-state index is -4.42. The minimum Gasteiger partial charge on any atom is -0.340 e. The molecule has 28 heavy (non-hydrogen) atoms. The zero-order valence-corrected chi connectivity index (χ0v) is 15.8. The molecule has 1 aromatic carbocycles. The smallest absolute Gasteiger partial charge is 0.340 e. The number of amides is 2. The van der Waals surface area contributed by atoms with E-state index in [1.807, 2.05) is 0 Å². The van der Waals surface area contributed by atoms with Gasteiger partial charge in [0, 0.05) is 11.5 Å². The molecule has 1 aliphatic rings. The maximum Gasteiger partial charge on any atom is 0.416 e. The Morgan fingerprint density at radius 2 is 2.00 bits per heavy atom. The number of hydrogen-bond acceptors (Lipinski definition) is 3. The largest absolute Gasteiger partial charge is 0.416 e. The summed E-state index contributed by atoms with van der Waals surface area (Å²) in [4.78, 5) is 24.5. The van der Waals surface area contributed by atoms with E-state index in [-0.39, 0.29) is 29.8 Å². The van der Waals surface area contributed by atoms with Gasteiger partial charge >= 0.3 is 6.18 Å². The molecule has 0 radical (unpaired) electrons. The second-order valence-corrected chi connectivity index (χ2v) is 7.50.